The summed E-state index contributed by atoms with van der Waals surface area (Å²) in [6, 6.07) is 17.0. The molecule has 3 rings (SSSR count). The van der Waals surface area contributed by atoms with Crippen molar-refractivity contribution in [3.05, 3.63) is 60.2 Å². The summed E-state index contributed by atoms with van der Waals surface area (Å²) in [7, 11) is 0. The van der Waals surface area contributed by atoms with Crippen molar-refractivity contribution in [3.8, 4) is 5.75 Å². The molecule has 1 saturated heterocycles. The summed E-state index contributed by atoms with van der Waals surface area (Å²) in [5.41, 5.74) is 1.71. The van der Waals surface area contributed by atoms with Gasteiger partial charge < -0.3 is 24.8 Å². The van der Waals surface area contributed by atoms with Gasteiger partial charge in [-0.25, -0.2) is 4.79 Å². The van der Waals surface area contributed by atoms with E-state index >= 15 is 0 Å². The van der Waals surface area contributed by atoms with E-state index in [1.807, 2.05) is 54.6 Å². The molecule has 6 heteroatoms. The highest BCUT2D eigenvalue weighted by atomic mass is 16.5. The number of hydrogen-bond acceptors (Lipinski definition) is 4. The molecule has 144 valence electrons. The molecule has 2 aromatic rings. The van der Waals surface area contributed by atoms with Crippen LogP contribution >= 0.6 is 0 Å². The number of carbonyl (C=O) groups is 1. The first-order chi connectivity index (χ1) is 13.3. The minimum Gasteiger partial charge on any atom is -0.491 e. The van der Waals surface area contributed by atoms with Crippen molar-refractivity contribution in [1.82, 2.24) is 4.90 Å². The quantitative estimate of drug-likeness (QED) is 0.700. The zero-order valence-electron chi connectivity index (χ0n) is 15.3. The Morgan fingerprint density at radius 1 is 1.15 bits per heavy atom. The van der Waals surface area contributed by atoms with E-state index in [4.69, 9.17) is 9.47 Å². The number of nitrogens with zero attached hydrogens (tertiary/aromatic N) is 1. The standard InChI is InChI=1S/C21H26N2O4/c24-15-19-8-5-11-23(19)21(25)22-18-7-4-6-17(14-18)16-26-12-13-27-20-9-2-1-3-10-20/h1-4,6-7,9-10,14,19,24H,5,8,11-13,15-16H2,(H,22,25)/t19-/m1/s1. The molecule has 0 aliphatic carbocycles. The van der Waals surface area contributed by atoms with Gasteiger partial charge in [-0.3, -0.25) is 0 Å². The fourth-order valence-corrected chi connectivity index (χ4v) is 3.15. The molecule has 0 spiro atoms. The first-order valence-electron chi connectivity index (χ1n) is 9.29. The van der Waals surface area contributed by atoms with Crippen LogP contribution in [0.15, 0.2) is 54.6 Å². The van der Waals surface area contributed by atoms with Gasteiger partial charge in [0.25, 0.3) is 0 Å². The third-order valence-electron chi connectivity index (χ3n) is 4.54. The molecule has 1 atom stereocenters. The van der Waals surface area contributed by atoms with E-state index in [1.165, 1.54) is 0 Å². The zero-order valence-corrected chi connectivity index (χ0v) is 15.3. The van der Waals surface area contributed by atoms with Gasteiger partial charge in [0.05, 0.1) is 25.9 Å². The molecule has 6 nitrogen and oxygen atoms in total. The van der Waals surface area contributed by atoms with Crippen LogP contribution in [0.25, 0.3) is 0 Å². The fraction of sp³-hybridized carbons (Fsp3) is 0.381. The number of ether oxygens (including phenoxy) is 2. The van der Waals surface area contributed by atoms with Gasteiger partial charge in [0.1, 0.15) is 12.4 Å². The molecule has 1 fully saturated rings. The molecule has 1 aliphatic heterocycles. The predicted octanol–water partition coefficient (Wildman–Crippen LogP) is 3.27. The third kappa shape index (κ3) is 5.70. The Labute approximate surface area is 159 Å². The second-order valence-electron chi connectivity index (χ2n) is 6.52. The summed E-state index contributed by atoms with van der Waals surface area (Å²) in [6.45, 7) is 2.11. The summed E-state index contributed by atoms with van der Waals surface area (Å²) >= 11 is 0. The minimum absolute atomic E-state index is 0.00630. The number of aliphatic hydroxyl groups is 1. The summed E-state index contributed by atoms with van der Waals surface area (Å²) in [4.78, 5) is 14.1. The molecule has 0 aromatic heterocycles. The molecular formula is C21H26N2O4. The molecule has 0 bridgehead atoms. The second kappa shape index (κ2) is 9.94. The maximum absolute atomic E-state index is 12.4. The Bertz CT molecular complexity index is 723. The lowest BCUT2D eigenvalue weighted by Gasteiger charge is -2.23. The third-order valence-corrected chi connectivity index (χ3v) is 4.54. The first-order valence-corrected chi connectivity index (χ1v) is 9.29. The van der Waals surface area contributed by atoms with Gasteiger partial charge in [-0.05, 0) is 42.7 Å². The monoisotopic (exact) mass is 370 g/mol. The summed E-state index contributed by atoms with van der Waals surface area (Å²) in [6.07, 6.45) is 1.78. The number of aliphatic hydroxyl groups excluding tert-OH is 1. The van der Waals surface area contributed by atoms with Gasteiger partial charge in [0.2, 0.25) is 0 Å². The highest BCUT2D eigenvalue weighted by molar-refractivity contribution is 5.89. The largest absolute Gasteiger partial charge is 0.491 e. The Morgan fingerprint density at radius 2 is 2.00 bits per heavy atom. The van der Waals surface area contributed by atoms with Crippen molar-refractivity contribution in [1.29, 1.82) is 0 Å². The van der Waals surface area contributed by atoms with Gasteiger partial charge in [0.15, 0.2) is 0 Å². The SMILES string of the molecule is O=C(Nc1cccc(COCCOc2ccccc2)c1)N1CCC[C@@H]1CO. The van der Waals surface area contributed by atoms with Crippen molar-refractivity contribution < 1.29 is 19.4 Å². The number of carbonyl (C=O) groups excluding carboxylic acids is 1. The molecule has 0 unspecified atom stereocenters. The number of anilines is 1. The van der Waals surface area contributed by atoms with Crippen LogP contribution in [-0.2, 0) is 11.3 Å². The average molecular weight is 370 g/mol. The Hall–Kier alpha value is -2.57. The van der Waals surface area contributed by atoms with Crippen molar-refractivity contribution in [3.63, 3.8) is 0 Å². The Kier molecular flexibility index (Phi) is 7.07. The maximum atomic E-state index is 12.4. The molecule has 2 N–H and O–H groups in total. The predicted molar refractivity (Wildman–Crippen MR) is 104 cm³/mol. The van der Waals surface area contributed by atoms with E-state index in [0.717, 1.165) is 29.8 Å². The molecule has 27 heavy (non-hydrogen) atoms. The summed E-state index contributed by atoms with van der Waals surface area (Å²) in [5.74, 6) is 0.828. The first kappa shape index (κ1) is 19.2. The van der Waals surface area contributed by atoms with Crippen LogP contribution in [0.3, 0.4) is 0 Å². The van der Waals surface area contributed by atoms with E-state index in [-0.39, 0.29) is 18.7 Å². The average Bonchev–Trinajstić information content (AvgIpc) is 3.18. The van der Waals surface area contributed by atoms with Crippen LogP contribution in [-0.4, -0.2) is 48.4 Å². The van der Waals surface area contributed by atoms with E-state index in [1.54, 1.807) is 4.90 Å². The summed E-state index contributed by atoms with van der Waals surface area (Å²) in [5, 5.41) is 12.3. The van der Waals surface area contributed by atoms with E-state index < -0.39 is 0 Å². The van der Waals surface area contributed by atoms with Crippen LogP contribution in [0.1, 0.15) is 18.4 Å². The molecule has 2 amide bonds. The van der Waals surface area contributed by atoms with Crippen molar-refractivity contribution >= 4 is 11.7 Å². The number of rotatable bonds is 8. The lowest BCUT2D eigenvalue weighted by atomic mass is 10.2. The Morgan fingerprint density at radius 3 is 2.81 bits per heavy atom. The minimum atomic E-state index is -0.166. The molecule has 0 saturated carbocycles. The smallest absolute Gasteiger partial charge is 0.322 e. The number of likely N-dealkylation sites (tertiary alicyclic amines) is 1. The highest BCUT2D eigenvalue weighted by Crippen LogP contribution is 2.19. The number of amides is 2. The number of urea groups is 1. The van der Waals surface area contributed by atoms with Gasteiger partial charge in [-0.1, -0.05) is 30.3 Å². The van der Waals surface area contributed by atoms with Crippen molar-refractivity contribution in [2.45, 2.75) is 25.5 Å². The highest BCUT2D eigenvalue weighted by Gasteiger charge is 2.27. The lowest BCUT2D eigenvalue weighted by Crippen LogP contribution is -2.40. The van der Waals surface area contributed by atoms with Crippen molar-refractivity contribution in [2.24, 2.45) is 0 Å². The van der Waals surface area contributed by atoms with Gasteiger partial charge in [-0.15, -0.1) is 0 Å². The number of nitrogens with one attached hydrogen (secondary N) is 1. The zero-order chi connectivity index (χ0) is 18.9. The van der Waals surface area contributed by atoms with E-state index in [2.05, 4.69) is 5.32 Å². The number of benzene rings is 2. The van der Waals surface area contributed by atoms with Crippen LogP contribution in [0, 0.1) is 0 Å². The molecule has 1 aliphatic rings. The fourth-order valence-electron chi connectivity index (χ4n) is 3.15. The molecule has 2 aromatic carbocycles. The maximum Gasteiger partial charge on any atom is 0.322 e. The number of para-hydroxylation sites is 1. The summed E-state index contributed by atoms with van der Waals surface area (Å²) < 4.78 is 11.2. The van der Waals surface area contributed by atoms with Crippen LogP contribution < -0.4 is 10.1 Å². The Balaban J connectivity index is 1.42. The normalized spacial score (nSPS) is 16.3. The van der Waals surface area contributed by atoms with Crippen LogP contribution in [0.4, 0.5) is 10.5 Å². The number of hydrogen-bond donors (Lipinski definition) is 2. The van der Waals surface area contributed by atoms with Gasteiger partial charge in [-0.2, -0.15) is 0 Å². The van der Waals surface area contributed by atoms with Gasteiger partial charge in [0, 0.05) is 12.2 Å². The second-order valence-corrected chi connectivity index (χ2v) is 6.52. The van der Waals surface area contributed by atoms with Crippen LogP contribution in [0.5, 0.6) is 5.75 Å². The molecule has 1 heterocycles. The van der Waals surface area contributed by atoms with E-state index in [9.17, 15) is 9.90 Å². The van der Waals surface area contributed by atoms with Crippen molar-refractivity contribution in [2.75, 3.05) is 31.7 Å². The topological polar surface area (TPSA) is 71.0 Å². The van der Waals surface area contributed by atoms with Crippen LogP contribution in [0.2, 0.25) is 0 Å². The lowest BCUT2D eigenvalue weighted by molar-refractivity contribution is 0.0889. The van der Waals surface area contributed by atoms with Gasteiger partial charge >= 0.3 is 6.03 Å². The molecule has 0 radical (unpaired) electrons. The molecular weight excluding hydrogens is 344 g/mol. The van der Waals surface area contributed by atoms with E-state index in [0.29, 0.717) is 26.4 Å².